The van der Waals surface area contributed by atoms with E-state index in [4.69, 9.17) is 0 Å². The highest BCUT2D eigenvalue weighted by Crippen LogP contribution is 2.12. The molecule has 0 fully saturated rings. The van der Waals surface area contributed by atoms with Crippen molar-refractivity contribution >= 4 is 11.8 Å². The molecule has 0 heterocycles. The zero-order valence-corrected chi connectivity index (χ0v) is 12.9. The molecule has 2 amide bonds. The average molecular weight is 314 g/mol. The second-order valence-electron chi connectivity index (χ2n) is 5.33. The van der Waals surface area contributed by atoms with Crippen molar-refractivity contribution in [1.82, 2.24) is 10.6 Å². The Morgan fingerprint density at radius 2 is 1.57 bits per heavy atom. The van der Waals surface area contributed by atoms with Crippen molar-refractivity contribution < 1.29 is 14.0 Å². The van der Waals surface area contributed by atoms with E-state index < -0.39 is 11.8 Å². The highest BCUT2D eigenvalue weighted by molar-refractivity contribution is 6.35. The van der Waals surface area contributed by atoms with Gasteiger partial charge in [0.05, 0.1) is 0 Å². The van der Waals surface area contributed by atoms with Gasteiger partial charge in [0.2, 0.25) is 0 Å². The van der Waals surface area contributed by atoms with Crippen molar-refractivity contribution in [2.45, 2.75) is 19.4 Å². The van der Waals surface area contributed by atoms with E-state index in [0.717, 1.165) is 11.1 Å². The van der Waals surface area contributed by atoms with Gasteiger partial charge in [-0.05, 0) is 29.2 Å². The number of benzene rings is 2. The molecule has 0 spiro atoms. The SMILES string of the molecule is C[C@@H](CNC(=O)C(=O)NCc1ccc(F)cc1)c1ccccc1. The van der Waals surface area contributed by atoms with Gasteiger partial charge in [0.15, 0.2) is 0 Å². The van der Waals surface area contributed by atoms with Crippen LogP contribution in [-0.4, -0.2) is 18.4 Å². The monoisotopic (exact) mass is 314 g/mol. The topological polar surface area (TPSA) is 58.2 Å². The Morgan fingerprint density at radius 3 is 2.22 bits per heavy atom. The fourth-order valence-corrected chi connectivity index (χ4v) is 2.09. The van der Waals surface area contributed by atoms with Gasteiger partial charge in [-0.1, -0.05) is 49.4 Å². The molecule has 2 aromatic carbocycles. The van der Waals surface area contributed by atoms with Gasteiger partial charge >= 0.3 is 11.8 Å². The summed E-state index contributed by atoms with van der Waals surface area (Å²) in [6.07, 6.45) is 0. The van der Waals surface area contributed by atoms with Crippen LogP contribution in [0.5, 0.6) is 0 Å². The molecule has 4 nitrogen and oxygen atoms in total. The highest BCUT2D eigenvalue weighted by atomic mass is 19.1. The number of hydrogen-bond donors (Lipinski definition) is 2. The number of nitrogens with one attached hydrogen (secondary N) is 2. The summed E-state index contributed by atoms with van der Waals surface area (Å²) in [6, 6.07) is 15.5. The maximum absolute atomic E-state index is 12.8. The van der Waals surface area contributed by atoms with Crippen LogP contribution in [-0.2, 0) is 16.1 Å². The summed E-state index contributed by atoms with van der Waals surface area (Å²) in [7, 11) is 0. The largest absolute Gasteiger partial charge is 0.347 e. The van der Waals surface area contributed by atoms with Crippen molar-refractivity contribution in [1.29, 1.82) is 0 Å². The molecular formula is C18H19FN2O2. The lowest BCUT2D eigenvalue weighted by molar-refractivity contribution is -0.139. The maximum atomic E-state index is 12.8. The molecule has 0 radical (unpaired) electrons. The van der Waals surface area contributed by atoms with E-state index in [1.54, 1.807) is 12.1 Å². The average Bonchev–Trinajstić information content (AvgIpc) is 2.59. The van der Waals surface area contributed by atoms with Gasteiger partial charge in [-0.25, -0.2) is 4.39 Å². The maximum Gasteiger partial charge on any atom is 0.309 e. The second-order valence-corrected chi connectivity index (χ2v) is 5.33. The Labute approximate surface area is 134 Å². The van der Waals surface area contributed by atoms with Crippen LogP contribution in [0.1, 0.15) is 24.0 Å². The number of carbonyl (C=O) groups excluding carboxylic acids is 2. The predicted octanol–water partition coefficient (Wildman–Crippen LogP) is 2.36. The summed E-state index contributed by atoms with van der Waals surface area (Å²) in [5.74, 6) is -1.60. The lowest BCUT2D eigenvalue weighted by Crippen LogP contribution is -2.40. The molecule has 1 atom stereocenters. The van der Waals surface area contributed by atoms with Crippen molar-refractivity contribution in [3.8, 4) is 0 Å². The van der Waals surface area contributed by atoms with E-state index >= 15 is 0 Å². The Balaban J connectivity index is 1.76. The van der Waals surface area contributed by atoms with Gasteiger partial charge in [-0.2, -0.15) is 0 Å². The van der Waals surface area contributed by atoms with Gasteiger partial charge < -0.3 is 10.6 Å². The number of rotatable bonds is 5. The third kappa shape index (κ3) is 5.21. The van der Waals surface area contributed by atoms with E-state index in [1.807, 2.05) is 37.3 Å². The molecule has 0 saturated carbocycles. The third-order valence-corrected chi connectivity index (χ3v) is 3.51. The molecule has 0 aromatic heterocycles. The van der Waals surface area contributed by atoms with Crippen LogP contribution in [0.4, 0.5) is 4.39 Å². The minimum absolute atomic E-state index is 0.116. The van der Waals surface area contributed by atoms with Crippen LogP contribution in [0.15, 0.2) is 54.6 Å². The molecule has 0 saturated heterocycles. The van der Waals surface area contributed by atoms with E-state index in [2.05, 4.69) is 10.6 Å². The lowest BCUT2D eigenvalue weighted by Gasteiger charge is -2.13. The van der Waals surface area contributed by atoms with Crippen molar-refractivity contribution in [2.75, 3.05) is 6.54 Å². The molecule has 2 aromatic rings. The first-order valence-electron chi connectivity index (χ1n) is 7.41. The predicted molar refractivity (Wildman–Crippen MR) is 86.1 cm³/mol. The molecule has 0 bridgehead atoms. The fourth-order valence-electron chi connectivity index (χ4n) is 2.09. The van der Waals surface area contributed by atoms with Crippen molar-refractivity contribution in [3.63, 3.8) is 0 Å². The van der Waals surface area contributed by atoms with Crippen LogP contribution in [0, 0.1) is 5.82 Å². The summed E-state index contributed by atoms with van der Waals surface area (Å²) >= 11 is 0. The molecule has 0 aliphatic carbocycles. The van der Waals surface area contributed by atoms with E-state index in [-0.39, 0.29) is 18.3 Å². The summed E-state index contributed by atoms with van der Waals surface area (Å²) in [5, 5.41) is 5.12. The van der Waals surface area contributed by atoms with Crippen molar-refractivity contribution in [3.05, 3.63) is 71.5 Å². The van der Waals surface area contributed by atoms with Crippen LogP contribution < -0.4 is 10.6 Å². The summed E-state index contributed by atoms with van der Waals surface area (Å²) < 4.78 is 12.8. The Bertz CT molecular complexity index is 656. The Hall–Kier alpha value is -2.69. The number of carbonyl (C=O) groups is 2. The van der Waals surface area contributed by atoms with Gasteiger partial charge in [0.1, 0.15) is 5.82 Å². The standard InChI is InChI=1S/C18H19FN2O2/c1-13(15-5-3-2-4-6-15)11-20-17(22)18(23)21-12-14-7-9-16(19)10-8-14/h2-10,13H,11-12H2,1H3,(H,20,22)(H,21,23)/t13-/m0/s1. The summed E-state index contributed by atoms with van der Waals surface area (Å²) in [4.78, 5) is 23.5. The van der Waals surface area contributed by atoms with E-state index in [1.165, 1.54) is 12.1 Å². The zero-order chi connectivity index (χ0) is 16.7. The quantitative estimate of drug-likeness (QED) is 0.832. The smallest absolute Gasteiger partial charge is 0.309 e. The third-order valence-electron chi connectivity index (χ3n) is 3.51. The molecule has 0 unspecified atom stereocenters. The normalized spacial score (nSPS) is 11.6. The molecule has 0 aliphatic rings. The first-order valence-corrected chi connectivity index (χ1v) is 7.41. The van der Waals surface area contributed by atoms with Crippen LogP contribution in [0.25, 0.3) is 0 Å². The van der Waals surface area contributed by atoms with E-state index in [9.17, 15) is 14.0 Å². The minimum Gasteiger partial charge on any atom is -0.347 e. The van der Waals surface area contributed by atoms with Crippen molar-refractivity contribution in [2.24, 2.45) is 0 Å². The van der Waals surface area contributed by atoms with Crippen LogP contribution in [0.2, 0.25) is 0 Å². The molecule has 2 rings (SSSR count). The molecule has 0 aliphatic heterocycles. The molecule has 5 heteroatoms. The first kappa shape index (κ1) is 16.7. The molecule has 23 heavy (non-hydrogen) atoms. The van der Waals surface area contributed by atoms with Gasteiger partial charge in [-0.3, -0.25) is 9.59 Å². The Morgan fingerprint density at radius 1 is 0.957 bits per heavy atom. The fraction of sp³-hybridized carbons (Fsp3) is 0.222. The first-order chi connectivity index (χ1) is 11.1. The van der Waals surface area contributed by atoms with Gasteiger partial charge in [0.25, 0.3) is 0 Å². The van der Waals surface area contributed by atoms with Gasteiger partial charge in [-0.15, -0.1) is 0 Å². The highest BCUT2D eigenvalue weighted by Gasteiger charge is 2.14. The van der Waals surface area contributed by atoms with Crippen LogP contribution in [0.3, 0.4) is 0 Å². The van der Waals surface area contributed by atoms with Crippen LogP contribution >= 0.6 is 0 Å². The summed E-state index contributed by atoms with van der Waals surface area (Å²) in [6.45, 7) is 2.54. The van der Waals surface area contributed by atoms with E-state index in [0.29, 0.717) is 6.54 Å². The lowest BCUT2D eigenvalue weighted by atomic mass is 10.0. The second kappa shape index (κ2) is 8.08. The van der Waals surface area contributed by atoms with Gasteiger partial charge in [0, 0.05) is 13.1 Å². The molecule has 120 valence electrons. The Kier molecular flexibility index (Phi) is 5.86. The number of hydrogen-bond acceptors (Lipinski definition) is 2. The summed E-state index contributed by atoms with van der Waals surface area (Å²) in [5.41, 5.74) is 1.82. The number of amides is 2. The zero-order valence-electron chi connectivity index (χ0n) is 12.9. The minimum atomic E-state index is -0.699. The molecular weight excluding hydrogens is 295 g/mol. The number of halogens is 1. The molecule has 2 N–H and O–H groups in total.